The molecule has 2 amide bonds. The second-order valence-corrected chi connectivity index (χ2v) is 4.89. The van der Waals surface area contributed by atoms with Crippen LogP contribution in [-0.2, 0) is 0 Å². The lowest BCUT2D eigenvalue weighted by molar-refractivity contribution is 0.144. The van der Waals surface area contributed by atoms with Gasteiger partial charge in [0.15, 0.2) is 0 Å². The summed E-state index contributed by atoms with van der Waals surface area (Å²) in [6.45, 7) is 5.01. The number of aliphatic hydroxyl groups is 1. The molecule has 1 unspecified atom stereocenters. The molecule has 0 fully saturated rings. The number of halogens is 2. The first-order valence-electron chi connectivity index (χ1n) is 5.18. The first-order valence-corrected chi connectivity index (χ1v) is 5.18. The summed E-state index contributed by atoms with van der Waals surface area (Å²) in [7, 11) is 0. The van der Waals surface area contributed by atoms with Crippen LogP contribution in [0.2, 0.25) is 0 Å². The molecular formula is C10H20F2N2O2. The monoisotopic (exact) mass is 238 g/mol. The fourth-order valence-corrected chi connectivity index (χ4v) is 1.31. The molecule has 16 heavy (non-hydrogen) atoms. The van der Waals surface area contributed by atoms with Crippen LogP contribution in [0.3, 0.4) is 0 Å². The van der Waals surface area contributed by atoms with E-state index in [2.05, 4.69) is 5.32 Å². The minimum atomic E-state index is -2.57. The molecule has 0 aliphatic carbocycles. The Balaban J connectivity index is 3.98. The predicted molar refractivity (Wildman–Crippen MR) is 57.5 cm³/mol. The van der Waals surface area contributed by atoms with Gasteiger partial charge in [-0.15, -0.1) is 0 Å². The van der Waals surface area contributed by atoms with Gasteiger partial charge in [0.05, 0.1) is 19.2 Å². The van der Waals surface area contributed by atoms with Crippen molar-refractivity contribution in [1.29, 1.82) is 0 Å². The quantitative estimate of drug-likeness (QED) is 0.677. The molecule has 1 atom stereocenters. The number of nitrogens with one attached hydrogen (secondary N) is 2. The van der Waals surface area contributed by atoms with Gasteiger partial charge < -0.3 is 15.7 Å². The normalized spacial score (nSPS) is 13.7. The Morgan fingerprint density at radius 1 is 1.38 bits per heavy atom. The van der Waals surface area contributed by atoms with Crippen molar-refractivity contribution in [2.75, 3.05) is 13.2 Å². The third-order valence-electron chi connectivity index (χ3n) is 1.83. The second-order valence-electron chi connectivity index (χ2n) is 4.89. The Bertz CT molecular complexity index is 217. The third kappa shape index (κ3) is 8.40. The van der Waals surface area contributed by atoms with Crippen molar-refractivity contribution in [1.82, 2.24) is 10.6 Å². The average Bonchev–Trinajstić information content (AvgIpc) is 2.11. The van der Waals surface area contributed by atoms with Gasteiger partial charge in [-0.2, -0.15) is 0 Å². The molecule has 0 aromatic heterocycles. The highest BCUT2D eigenvalue weighted by molar-refractivity contribution is 5.74. The highest BCUT2D eigenvalue weighted by atomic mass is 19.3. The van der Waals surface area contributed by atoms with Gasteiger partial charge in [0, 0.05) is 0 Å². The van der Waals surface area contributed by atoms with E-state index in [1.165, 1.54) is 0 Å². The standard InChI is InChI=1S/C10H20F2N2O2/c1-10(2,3)4-7(6-15)14-9(16)13-5-8(11)12/h7-8,15H,4-6H2,1-3H3,(H2,13,14,16). The van der Waals surface area contributed by atoms with Gasteiger partial charge in [-0.25, -0.2) is 13.6 Å². The summed E-state index contributed by atoms with van der Waals surface area (Å²) in [6.07, 6.45) is -1.99. The van der Waals surface area contributed by atoms with Gasteiger partial charge in [-0.05, 0) is 11.8 Å². The summed E-state index contributed by atoms with van der Waals surface area (Å²) in [6, 6.07) is -1.10. The lowest BCUT2D eigenvalue weighted by Crippen LogP contribution is -2.46. The van der Waals surface area contributed by atoms with E-state index in [0.29, 0.717) is 6.42 Å². The first-order chi connectivity index (χ1) is 7.24. The zero-order valence-corrected chi connectivity index (χ0v) is 9.89. The van der Waals surface area contributed by atoms with Gasteiger partial charge in [0.1, 0.15) is 0 Å². The van der Waals surface area contributed by atoms with Gasteiger partial charge in [0.25, 0.3) is 6.43 Å². The minimum absolute atomic E-state index is 0.0522. The van der Waals surface area contributed by atoms with Crippen LogP contribution in [0.5, 0.6) is 0 Å². The molecule has 96 valence electrons. The highest BCUT2D eigenvalue weighted by Gasteiger charge is 2.19. The van der Waals surface area contributed by atoms with Crippen LogP contribution in [0.25, 0.3) is 0 Å². The van der Waals surface area contributed by atoms with Crippen molar-refractivity contribution < 1.29 is 18.7 Å². The van der Waals surface area contributed by atoms with Gasteiger partial charge in [0.2, 0.25) is 0 Å². The molecule has 0 spiro atoms. The maximum atomic E-state index is 11.8. The zero-order chi connectivity index (χ0) is 12.8. The molecule has 0 bridgehead atoms. The number of amides is 2. The lowest BCUT2D eigenvalue weighted by atomic mass is 9.88. The maximum absolute atomic E-state index is 11.8. The second kappa shape index (κ2) is 6.62. The number of hydrogen-bond donors (Lipinski definition) is 3. The molecular weight excluding hydrogens is 218 g/mol. The molecule has 4 nitrogen and oxygen atoms in total. The predicted octanol–water partition coefficient (Wildman–Crippen LogP) is 1.35. The van der Waals surface area contributed by atoms with E-state index in [-0.39, 0.29) is 12.0 Å². The van der Waals surface area contributed by atoms with Crippen LogP contribution in [0.15, 0.2) is 0 Å². The van der Waals surface area contributed by atoms with Crippen molar-refractivity contribution in [3.8, 4) is 0 Å². The molecule has 0 aliphatic heterocycles. The van der Waals surface area contributed by atoms with Crippen molar-refractivity contribution >= 4 is 6.03 Å². The van der Waals surface area contributed by atoms with Crippen molar-refractivity contribution in [2.24, 2.45) is 5.41 Å². The molecule has 0 aliphatic rings. The van der Waals surface area contributed by atoms with E-state index in [1.807, 2.05) is 26.1 Å². The number of hydrogen-bond acceptors (Lipinski definition) is 2. The van der Waals surface area contributed by atoms with Crippen molar-refractivity contribution in [2.45, 2.75) is 39.7 Å². The summed E-state index contributed by atoms with van der Waals surface area (Å²) in [5.74, 6) is 0. The Morgan fingerprint density at radius 2 is 1.94 bits per heavy atom. The Hall–Kier alpha value is -0.910. The maximum Gasteiger partial charge on any atom is 0.315 e. The number of alkyl halides is 2. The zero-order valence-electron chi connectivity index (χ0n) is 9.89. The van der Waals surface area contributed by atoms with E-state index in [1.54, 1.807) is 0 Å². The van der Waals surface area contributed by atoms with E-state index in [9.17, 15) is 13.6 Å². The Morgan fingerprint density at radius 3 is 2.31 bits per heavy atom. The molecule has 0 heterocycles. The summed E-state index contributed by atoms with van der Waals surface area (Å²) < 4.78 is 23.6. The van der Waals surface area contributed by atoms with E-state index in [4.69, 9.17) is 5.11 Å². The van der Waals surface area contributed by atoms with E-state index < -0.39 is 25.0 Å². The molecule has 0 rings (SSSR count). The fourth-order valence-electron chi connectivity index (χ4n) is 1.31. The van der Waals surface area contributed by atoms with E-state index in [0.717, 1.165) is 0 Å². The SMILES string of the molecule is CC(C)(C)CC(CO)NC(=O)NCC(F)F. The third-order valence-corrected chi connectivity index (χ3v) is 1.83. The van der Waals surface area contributed by atoms with Crippen LogP contribution < -0.4 is 10.6 Å². The molecule has 6 heteroatoms. The van der Waals surface area contributed by atoms with Crippen LogP contribution in [-0.4, -0.2) is 36.8 Å². The smallest absolute Gasteiger partial charge is 0.315 e. The largest absolute Gasteiger partial charge is 0.394 e. The Kier molecular flexibility index (Phi) is 6.25. The van der Waals surface area contributed by atoms with Gasteiger partial charge in [-0.3, -0.25) is 0 Å². The first kappa shape index (κ1) is 15.1. The van der Waals surface area contributed by atoms with Crippen LogP contribution in [0, 0.1) is 5.41 Å². The minimum Gasteiger partial charge on any atom is -0.394 e. The van der Waals surface area contributed by atoms with Gasteiger partial charge in [-0.1, -0.05) is 20.8 Å². The number of carbonyl (C=O) groups is 1. The van der Waals surface area contributed by atoms with Crippen molar-refractivity contribution in [3.05, 3.63) is 0 Å². The fraction of sp³-hybridized carbons (Fsp3) is 0.900. The lowest BCUT2D eigenvalue weighted by Gasteiger charge is -2.25. The summed E-state index contributed by atoms with van der Waals surface area (Å²) in [5, 5.41) is 13.5. The number of urea groups is 1. The molecule has 0 radical (unpaired) electrons. The Labute approximate surface area is 94.4 Å². The van der Waals surface area contributed by atoms with E-state index >= 15 is 0 Å². The molecule has 0 aromatic carbocycles. The number of rotatable bonds is 5. The summed E-state index contributed by atoms with van der Waals surface area (Å²) >= 11 is 0. The summed E-state index contributed by atoms with van der Waals surface area (Å²) in [4.78, 5) is 11.1. The number of carbonyl (C=O) groups excluding carboxylic acids is 1. The molecule has 0 saturated carbocycles. The molecule has 0 saturated heterocycles. The van der Waals surface area contributed by atoms with Crippen LogP contribution >= 0.6 is 0 Å². The molecule has 3 N–H and O–H groups in total. The average molecular weight is 238 g/mol. The number of aliphatic hydroxyl groups excluding tert-OH is 1. The van der Waals surface area contributed by atoms with Crippen molar-refractivity contribution in [3.63, 3.8) is 0 Å². The highest BCUT2D eigenvalue weighted by Crippen LogP contribution is 2.20. The summed E-state index contributed by atoms with van der Waals surface area (Å²) in [5.41, 5.74) is -0.0522. The topological polar surface area (TPSA) is 61.4 Å². The van der Waals surface area contributed by atoms with Gasteiger partial charge >= 0.3 is 6.03 Å². The van der Waals surface area contributed by atoms with Crippen LogP contribution in [0.1, 0.15) is 27.2 Å². The molecule has 0 aromatic rings. The van der Waals surface area contributed by atoms with Crippen LogP contribution in [0.4, 0.5) is 13.6 Å².